The quantitative estimate of drug-likeness (QED) is 0.474. The Labute approximate surface area is 208 Å². The summed E-state index contributed by atoms with van der Waals surface area (Å²) in [6.45, 7) is 3.22. The van der Waals surface area contributed by atoms with Gasteiger partial charge in [-0.2, -0.15) is 4.31 Å². The van der Waals surface area contributed by atoms with Gasteiger partial charge in [-0.3, -0.25) is 9.69 Å². The Morgan fingerprint density at radius 2 is 2.00 bits per heavy atom. The van der Waals surface area contributed by atoms with E-state index in [2.05, 4.69) is 4.98 Å². The zero-order valence-electron chi connectivity index (χ0n) is 18.8. The van der Waals surface area contributed by atoms with Crippen LogP contribution in [0.2, 0.25) is 5.02 Å². The molecule has 2 fully saturated rings. The maximum atomic E-state index is 13.9. The molecule has 7 nitrogen and oxygen atoms in total. The number of hydrogen-bond donors (Lipinski definition) is 0. The van der Waals surface area contributed by atoms with Crippen LogP contribution < -0.4 is 4.90 Å². The number of rotatable bonds is 6. The Morgan fingerprint density at radius 1 is 1.21 bits per heavy atom. The van der Waals surface area contributed by atoms with Crippen LogP contribution in [-0.4, -0.2) is 55.5 Å². The lowest BCUT2D eigenvalue weighted by atomic mass is 10.2. The van der Waals surface area contributed by atoms with E-state index in [0.717, 1.165) is 23.1 Å². The zero-order valence-corrected chi connectivity index (χ0v) is 21.2. The molecule has 0 bridgehead atoms. The Bertz CT molecular complexity index is 1300. The minimum absolute atomic E-state index is 0.102. The van der Waals surface area contributed by atoms with Gasteiger partial charge in [-0.15, -0.1) is 0 Å². The van der Waals surface area contributed by atoms with Crippen molar-refractivity contribution in [3.05, 3.63) is 53.1 Å². The van der Waals surface area contributed by atoms with Gasteiger partial charge < -0.3 is 4.74 Å². The van der Waals surface area contributed by atoms with Gasteiger partial charge in [-0.1, -0.05) is 46.7 Å². The van der Waals surface area contributed by atoms with Gasteiger partial charge in [0, 0.05) is 13.2 Å². The van der Waals surface area contributed by atoms with Crippen LogP contribution in [0, 0.1) is 6.92 Å². The molecule has 0 aliphatic carbocycles. The second-order valence-corrected chi connectivity index (χ2v) is 12.1. The summed E-state index contributed by atoms with van der Waals surface area (Å²) in [5.41, 5.74) is 1.62. The summed E-state index contributed by atoms with van der Waals surface area (Å²) >= 11 is 7.73. The van der Waals surface area contributed by atoms with Crippen molar-refractivity contribution in [3.63, 3.8) is 0 Å². The number of thiazole rings is 1. The van der Waals surface area contributed by atoms with Gasteiger partial charge in [0.2, 0.25) is 15.9 Å². The van der Waals surface area contributed by atoms with Gasteiger partial charge in [0.05, 0.1) is 27.3 Å². The van der Waals surface area contributed by atoms with Crippen molar-refractivity contribution in [3.8, 4) is 0 Å². The fraction of sp³-hybridized carbons (Fsp3) is 0.417. The fourth-order valence-corrected chi connectivity index (χ4v) is 7.50. The predicted molar refractivity (Wildman–Crippen MR) is 134 cm³/mol. The van der Waals surface area contributed by atoms with Crippen molar-refractivity contribution in [2.24, 2.45) is 0 Å². The Kier molecular flexibility index (Phi) is 6.65. The standard InChI is InChI=1S/C24H26ClN3O4S2/c1-16-9-11-18(12-10-16)34(30,31)28-13-3-7-20(28)23(29)27(15-17-5-4-14-32-17)24-26-22-19(25)6-2-8-21(22)33-24/h2,6,8-12,17,20H,3-5,7,13-15H2,1H3. The average Bonchev–Trinajstić information content (AvgIpc) is 3.58. The number of nitrogens with zero attached hydrogens (tertiary/aromatic N) is 3. The number of aromatic nitrogens is 1. The van der Waals surface area contributed by atoms with Crippen molar-refractivity contribution >= 4 is 54.2 Å². The highest BCUT2D eigenvalue weighted by molar-refractivity contribution is 7.89. The molecule has 10 heteroatoms. The molecule has 2 aliphatic heterocycles. The van der Waals surface area contributed by atoms with E-state index < -0.39 is 16.1 Å². The van der Waals surface area contributed by atoms with Crippen LogP contribution in [0.1, 0.15) is 31.2 Å². The fourth-order valence-electron chi connectivity index (χ4n) is 4.57. The number of benzene rings is 2. The number of amides is 1. The van der Waals surface area contributed by atoms with Crippen LogP contribution in [-0.2, 0) is 19.6 Å². The summed E-state index contributed by atoms with van der Waals surface area (Å²) in [7, 11) is -3.81. The summed E-state index contributed by atoms with van der Waals surface area (Å²) < 4.78 is 34.9. The minimum atomic E-state index is -3.81. The van der Waals surface area contributed by atoms with Crippen LogP contribution in [0.3, 0.4) is 0 Å². The number of hydrogen-bond acceptors (Lipinski definition) is 6. The van der Waals surface area contributed by atoms with Gasteiger partial charge in [-0.05, 0) is 56.9 Å². The van der Waals surface area contributed by atoms with E-state index in [0.29, 0.717) is 48.2 Å². The molecule has 0 N–H and O–H groups in total. The highest BCUT2D eigenvalue weighted by Gasteiger charge is 2.42. The van der Waals surface area contributed by atoms with Gasteiger partial charge in [0.25, 0.3) is 0 Å². The molecule has 0 spiro atoms. The number of carbonyl (C=O) groups is 1. The Morgan fingerprint density at radius 3 is 2.71 bits per heavy atom. The molecule has 1 aromatic heterocycles. The smallest absolute Gasteiger partial charge is 0.247 e. The minimum Gasteiger partial charge on any atom is -0.376 e. The molecule has 1 amide bonds. The number of aryl methyl sites for hydroxylation is 1. The molecule has 2 atom stereocenters. The molecule has 2 saturated heterocycles. The zero-order chi connectivity index (χ0) is 23.9. The first-order chi connectivity index (χ1) is 16.3. The summed E-state index contributed by atoms with van der Waals surface area (Å²) in [4.78, 5) is 20.4. The molecule has 2 aliphatic rings. The number of ether oxygens (including phenoxy) is 1. The maximum Gasteiger partial charge on any atom is 0.247 e. The Hall–Kier alpha value is -2.04. The Balaban J connectivity index is 1.49. The molecule has 0 saturated carbocycles. The van der Waals surface area contributed by atoms with Crippen LogP contribution in [0.25, 0.3) is 10.2 Å². The number of para-hydroxylation sites is 1. The normalized spacial score (nSPS) is 21.4. The molecule has 0 radical (unpaired) electrons. The van der Waals surface area contributed by atoms with E-state index in [1.807, 2.05) is 19.1 Å². The van der Waals surface area contributed by atoms with E-state index in [9.17, 15) is 13.2 Å². The molecule has 5 rings (SSSR count). The lowest BCUT2D eigenvalue weighted by Gasteiger charge is -2.29. The summed E-state index contributed by atoms with van der Waals surface area (Å²) in [5.74, 6) is -0.265. The summed E-state index contributed by atoms with van der Waals surface area (Å²) in [5, 5.41) is 1.04. The second kappa shape index (κ2) is 9.54. The van der Waals surface area contributed by atoms with Crippen LogP contribution in [0.5, 0.6) is 0 Å². The number of fused-ring (bicyclic) bond motifs is 1. The molecular formula is C24H26ClN3O4S2. The van der Waals surface area contributed by atoms with Crippen molar-refractivity contribution in [1.29, 1.82) is 0 Å². The van der Waals surface area contributed by atoms with Crippen molar-refractivity contribution in [1.82, 2.24) is 9.29 Å². The average molecular weight is 520 g/mol. The molecule has 34 heavy (non-hydrogen) atoms. The van der Waals surface area contributed by atoms with Gasteiger partial charge in [0.15, 0.2) is 5.13 Å². The van der Waals surface area contributed by atoms with Crippen LogP contribution >= 0.6 is 22.9 Å². The van der Waals surface area contributed by atoms with E-state index in [-0.39, 0.29) is 16.9 Å². The third kappa shape index (κ3) is 4.47. The monoisotopic (exact) mass is 519 g/mol. The van der Waals surface area contributed by atoms with E-state index in [1.165, 1.54) is 15.6 Å². The maximum absolute atomic E-state index is 13.9. The third-order valence-electron chi connectivity index (χ3n) is 6.38. The summed E-state index contributed by atoms with van der Waals surface area (Å²) in [6.07, 6.45) is 2.79. The van der Waals surface area contributed by atoms with Crippen LogP contribution in [0.4, 0.5) is 5.13 Å². The SMILES string of the molecule is Cc1ccc(S(=O)(=O)N2CCCC2C(=O)N(CC2CCCO2)c2nc3c(Cl)cccc3s2)cc1. The number of carbonyl (C=O) groups excluding carboxylic acids is 1. The molecule has 2 aromatic carbocycles. The third-order valence-corrected chi connectivity index (χ3v) is 9.65. The topological polar surface area (TPSA) is 79.8 Å². The van der Waals surface area contributed by atoms with E-state index in [1.54, 1.807) is 35.2 Å². The van der Waals surface area contributed by atoms with Crippen molar-refractivity contribution < 1.29 is 17.9 Å². The second-order valence-electron chi connectivity index (χ2n) is 8.75. The molecule has 180 valence electrons. The molecular weight excluding hydrogens is 494 g/mol. The van der Waals surface area contributed by atoms with Gasteiger partial charge >= 0.3 is 0 Å². The van der Waals surface area contributed by atoms with E-state index in [4.69, 9.17) is 16.3 Å². The molecule has 2 unspecified atom stereocenters. The highest BCUT2D eigenvalue weighted by Crippen LogP contribution is 2.35. The molecule has 3 aromatic rings. The lowest BCUT2D eigenvalue weighted by Crippen LogP contribution is -2.49. The van der Waals surface area contributed by atoms with Crippen LogP contribution in [0.15, 0.2) is 47.4 Å². The van der Waals surface area contributed by atoms with Crippen molar-refractivity contribution in [2.45, 2.75) is 49.6 Å². The lowest BCUT2D eigenvalue weighted by molar-refractivity contribution is -0.122. The van der Waals surface area contributed by atoms with Crippen molar-refractivity contribution in [2.75, 3.05) is 24.6 Å². The van der Waals surface area contributed by atoms with E-state index >= 15 is 0 Å². The first kappa shape index (κ1) is 23.7. The largest absolute Gasteiger partial charge is 0.376 e. The number of sulfonamides is 1. The van der Waals surface area contributed by atoms with Gasteiger partial charge in [0.1, 0.15) is 11.6 Å². The predicted octanol–water partition coefficient (Wildman–Crippen LogP) is 4.62. The van der Waals surface area contributed by atoms with Gasteiger partial charge in [-0.25, -0.2) is 13.4 Å². The first-order valence-electron chi connectivity index (χ1n) is 11.4. The number of anilines is 1. The summed E-state index contributed by atoms with van der Waals surface area (Å²) in [6, 6.07) is 11.5. The first-order valence-corrected chi connectivity index (χ1v) is 14.0. The molecule has 3 heterocycles. The number of halogens is 1. The highest BCUT2D eigenvalue weighted by atomic mass is 35.5.